The van der Waals surface area contributed by atoms with Crippen LogP contribution in [0, 0.1) is 0 Å². The third-order valence-corrected chi connectivity index (χ3v) is 4.23. The molecular formula is C16H21N3O2. The maximum atomic E-state index is 11.9. The molecule has 0 radical (unpaired) electrons. The van der Waals surface area contributed by atoms with Crippen molar-refractivity contribution in [3.8, 4) is 0 Å². The molecule has 0 unspecified atom stereocenters. The van der Waals surface area contributed by atoms with Crippen LogP contribution in [0.3, 0.4) is 0 Å². The Morgan fingerprint density at radius 1 is 1.33 bits per heavy atom. The second-order valence-corrected chi connectivity index (χ2v) is 5.51. The van der Waals surface area contributed by atoms with Gasteiger partial charge < -0.3 is 20.3 Å². The minimum absolute atomic E-state index is 0.0163. The molecule has 112 valence electrons. The van der Waals surface area contributed by atoms with Crippen molar-refractivity contribution >= 4 is 16.9 Å². The van der Waals surface area contributed by atoms with Crippen LogP contribution < -0.4 is 5.32 Å². The summed E-state index contributed by atoms with van der Waals surface area (Å²) in [5.74, 6) is 0.503. The monoisotopic (exact) mass is 287 g/mol. The Hall–Kier alpha value is -2.01. The van der Waals surface area contributed by atoms with Gasteiger partial charge in [0, 0.05) is 36.7 Å². The van der Waals surface area contributed by atoms with E-state index in [9.17, 15) is 4.79 Å². The van der Waals surface area contributed by atoms with Crippen molar-refractivity contribution in [1.82, 2.24) is 15.2 Å². The fourth-order valence-electron chi connectivity index (χ4n) is 3.10. The van der Waals surface area contributed by atoms with E-state index in [1.807, 2.05) is 11.0 Å². The molecule has 1 aromatic carbocycles. The van der Waals surface area contributed by atoms with Crippen molar-refractivity contribution in [2.45, 2.75) is 18.8 Å². The van der Waals surface area contributed by atoms with Gasteiger partial charge in [0.1, 0.15) is 0 Å². The smallest absolute Gasteiger partial charge is 0.317 e. The molecule has 5 nitrogen and oxygen atoms in total. The van der Waals surface area contributed by atoms with E-state index >= 15 is 0 Å². The van der Waals surface area contributed by atoms with Crippen molar-refractivity contribution in [2.75, 3.05) is 26.2 Å². The van der Waals surface area contributed by atoms with E-state index in [-0.39, 0.29) is 12.6 Å². The maximum Gasteiger partial charge on any atom is 0.317 e. The lowest BCUT2D eigenvalue weighted by Crippen LogP contribution is -2.44. The number of nitrogens with zero attached hydrogens (tertiary/aromatic N) is 1. The summed E-state index contributed by atoms with van der Waals surface area (Å²) >= 11 is 0. The predicted molar refractivity (Wildman–Crippen MR) is 82.3 cm³/mol. The summed E-state index contributed by atoms with van der Waals surface area (Å²) in [5, 5.41) is 12.7. The van der Waals surface area contributed by atoms with Crippen LogP contribution in [0.5, 0.6) is 0 Å². The van der Waals surface area contributed by atoms with Crippen molar-refractivity contribution in [3.05, 3.63) is 36.0 Å². The Labute approximate surface area is 124 Å². The number of hydrogen-bond donors (Lipinski definition) is 3. The fourth-order valence-corrected chi connectivity index (χ4v) is 3.10. The number of amides is 2. The van der Waals surface area contributed by atoms with Gasteiger partial charge in [-0.05, 0) is 30.4 Å². The number of likely N-dealkylation sites (tertiary alicyclic amines) is 1. The van der Waals surface area contributed by atoms with E-state index in [1.54, 1.807) is 0 Å². The largest absolute Gasteiger partial charge is 0.395 e. The number of para-hydroxylation sites is 1. The molecule has 0 bridgehead atoms. The number of rotatable bonds is 3. The number of nitrogens with one attached hydrogen (secondary N) is 2. The van der Waals surface area contributed by atoms with E-state index < -0.39 is 0 Å². The fraction of sp³-hybridized carbons (Fsp3) is 0.438. The van der Waals surface area contributed by atoms with E-state index in [2.05, 4.69) is 34.7 Å². The van der Waals surface area contributed by atoms with E-state index in [0.717, 1.165) is 25.9 Å². The number of aromatic nitrogens is 1. The van der Waals surface area contributed by atoms with E-state index in [4.69, 9.17) is 5.11 Å². The van der Waals surface area contributed by atoms with Gasteiger partial charge >= 0.3 is 6.03 Å². The lowest BCUT2D eigenvalue weighted by atomic mass is 9.89. The summed E-state index contributed by atoms with van der Waals surface area (Å²) in [6.07, 6.45) is 4.07. The lowest BCUT2D eigenvalue weighted by Gasteiger charge is -2.32. The molecule has 2 heterocycles. The van der Waals surface area contributed by atoms with Crippen LogP contribution in [-0.4, -0.2) is 47.3 Å². The number of hydrogen-bond acceptors (Lipinski definition) is 2. The lowest BCUT2D eigenvalue weighted by molar-refractivity contribution is 0.178. The highest BCUT2D eigenvalue weighted by molar-refractivity contribution is 5.83. The Bertz CT molecular complexity index is 615. The summed E-state index contributed by atoms with van der Waals surface area (Å²) in [4.78, 5) is 17.0. The Balaban J connectivity index is 1.64. The highest BCUT2D eigenvalue weighted by Crippen LogP contribution is 2.32. The first kappa shape index (κ1) is 13.9. The minimum atomic E-state index is -0.0681. The molecule has 2 amide bonds. The molecule has 3 N–H and O–H groups in total. The van der Waals surface area contributed by atoms with Gasteiger partial charge in [-0.15, -0.1) is 0 Å². The molecule has 1 aliphatic heterocycles. The van der Waals surface area contributed by atoms with Gasteiger partial charge in [0.25, 0.3) is 0 Å². The zero-order valence-corrected chi connectivity index (χ0v) is 12.0. The van der Waals surface area contributed by atoms with Gasteiger partial charge in [-0.25, -0.2) is 4.79 Å². The molecule has 0 aliphatic carbocycles. The van der Waals surface area contributed by atoms with Crippen molar-refractivity contribution in [3.63, 3.8) is 0 Å². The zero-order chi connectivity index (χ0) is 14.7. The van der Waals surface area contributed by atoms with Crippen LogP contribution in [0.15, 0.2) is 30.5 Å². The standard InChI is InChI=1S/C16H21N3O2/c20-10-7-17-16(21)19-8-5-12(6-9-19)14-11-18-15-4-2-1-3-13(14)15/h1-4,11-12,18,20H,5-10H2,(H,17,21). The molecule has 0 saturated carbocycles. The van der Waals surface area contributed by atoms with Crippen LogP contribution in [-0.2, 0) is 0 Å². The van der Waals surface area contributed by atoms with Crippen LogP contribution in [0.2, 0.25) is 0 Å². The summed E-state index contributed by atoms with van der Waals surface area (Å²) < 4.78 is 0. The topological polar surface area (TPSA) is 68.4 Å². The van der Waals surface area contributed by atoms with E-state index in [0.29, 0.717) is 12.5 Å². The highest BCUT2D eigenvalue weighted by atomic mass is 16.3. The number of urea groups is 1. The number of aliphatic hydroxyl groups is 1. The Kier molecular flexibility index (Phi) is 4.10. The number of carbonyl (C=O) groups excluding carboxylic acids is 1. The molecule has 21 heavy (non-hydrogen) atoms. The summed E-state index contributed by atoms with van der Waals surface area (Å²) in [5.41, 5.74) is 2.54. The number of H-pyrrole nitrogens is 1. The number of fused-ring (bicyclic) bond motifs is 1. The second-order valence-electron chi connectivity index (χ2n) is 5.51. The van der Waals surface area contributed by atoms with Crippen LogP contribution >= 0.6 is 0 Å². The molecule has 2 aromatic rings. The maximum absolute atomic E-state index is 11.9. The Morgan fingerprint density at radius 3 is 2.86 bits per heavy atom. The molecule has 1 saturated heterocycles. The van der Waals surface area contributed by atoms with Crippen LogP contribution in [0.4, 0.5) is 4.79 Å². The van der Waals surface area contributed by atoms with Gasteiger partial charge in [0.15, 0.2) is 0 Å². The van der Waals surface area contributed by atoms with Crippen LogP contribution in [0.1, 0.15) is 24.3 Å². The number of aromatic amines is 1. The normalized spacial score (nSPS) is 16.3. The average Bonchev–Trinajstić information content (AvgIpc) is 2.97. The molecule has 0 spiro atoms. The number of benzene rings is 1. The quantitative estimate of drug-likeness (QED) is 0.808. The third-order valence-electron chi connectivity index (χ3n) is 4.23. The van der Waals surface area contributed by atoms with Gasteiger partial charge in [-0.1, -0.05) is 18.2 Å². The minimum Gasteiger partial charge on any atom is -0.395 e. The molecule has 1 fully saturated rings. The number of carbonyl (C=O) groups is 1. The molecule has 5 heteroatoms. The first-order chi connectivity index (χ1) is 10.3. The van der Waals surface area contributed by atoms with Gasteiger partial charge in [-0.3, -0.25) is 0 Å². The van der Waals surface area contributed by atoms with Crippen molar-refractivity contribution in [1.29, 1.82) is 0 Å². The summed E-state index contributed by atoms with van der Waals surface area (Å²) in [7, 11) is 0. The molecule has 1 aliphatic rings. The van der Waals surface area contributed by atoms with Gasteiger partial charge in [-0.2, -0.15) is 0 Å². The van der Waals surface area contributed by atoms with E-state index in [1.165, 1.54) is 16.5 Å². The predicted octanol–water partition coefficient (Wildman–Crippen LogP) is 2.05. The molecular weight excluding hydrogens is 266 g/mol. The highest BCUT2D eigenvalue weighted by Gasteiger charge is 2.25. The average molecular weight is 287 g/mol. The Morgan fingerprint density at radius 2 is 2.10 bits per heavy atom. The first-order valence-corrected chi connectivity index (χ1v) is 7.49. The summed E-state index contributed by atoms with van der Waals surface area (Å²) in [6.45, 7) is 1.83. The van der Waals surface area contributed by atoms with Gasteiger partial charge in [0.2, 0.25) is 0 Å². The van der Waals surface area contributed by atoms with Crippen LogP contribution in [0.25, 0.3) is 10.9 Å². The second kappa shape index (κ2) is 6.18. The number of aliphatic hydroxyl groups excluding tert-OH is 1. The first-order valence-electron chi connectivity index (χ1n) is 7.49. The SMILES string of the molecule is O=C(NCCO)N1CCC(c2c[nH]c3ccccc23)CC1. The third kappa shape index (κ3) is 2.88. The summed E-state index contributed by atoms with van der Waals surface area (Å²) in [6, 6.07) is 8.28. The number of piperidine rings is 1. The molecule has 0 atom stereocenters. The van der Waals surface area contributed by atoms with Gasteiger partial charge in [0.05, 0.1) is 6.61 Å². The van der Waals surface area contributed by atoms with Crippen molar-refractivity contribution < 1.29 is 9.90 Å². The molecule has 1 aromatic heterocycles. The molecule has 3 rings (SSSR count). The zero-order valence-electron chi connectivity index (χ0n) is 12.0. The van der Waals surface area contributed by atoms with Crippen molar-refractivity contribution in [2.24, 2.45) is 0 Å².